The lowest BCUT2D eigenvalue weighted by atomic mass is 10.2. The van der Waals surface area contributed by atoms with E-state index in [1.165, 1.54) is 11.3 Å². The molecule has 1 N–H and O–H groups in total. The molecule has 0 aliphatic carbocycles. The maximum absolute atomic E-state index is 12.5. The fraction of sp³-hybridized carbons (Fsp3) is 0.100. The highest BCUT2D eigenvalue weighted by Crippen LogP contribution is 2.30. The molecule has 0 radical (unpaired) electrons. The first-order valence-electron chi connectivity index (χ1n) is 8.02. The normalized spacial score (nSPS) is 11.0. The van der Waals surface area contributed by atoms with Crippen molar-refractivity contribution in [3.63, 3.8) is 0 Å². The second-order valence-electron chi connectivity index (χ2n) is 5.92. The van der Waals surface area contributed by atoms with Crippen molar-refractivity contribution < 1.29 is 4.79 Å². The third-order valence-electron chi connectivity index (χ3n) is 4.23. The largest absolute Gasteiger partial charge is 0.326 e. The first-order chi connectivity index (χ1) is 12.1. The predicted molar refractivity (Wildman–Crippen MR) is 103 cm³/mol. The summed E-state index contributed by atoms with van der Waals surface area (Å²) in [5.41, 5.74) is 3.92. The Kier molecular flexibility index (Phi) is 3.86. The van der Waals surface area contributed by atoms with Crippen LogP contribution in [0.25, 0.3) is 21.7 Å². The molecule has 0 atom stereocenters. The number of nitrogens with zero attached hydrogens (tertiary/aromatic N) is 2. The second-order valence-corrected chi connectivity index (χ2v) is 7.00. The summed E-state index contributed by atoms with van der Waals surface area (Å²) in [6.45, 7) is 1.98. The molecule has 2 aromatic carbocycles. The lowest BCUT2D eigenvalue weighted by molar-refractivity contribution is 0.103. The average Bonchev–Trinajstić information content (AvgIpc) is 3.22. The number of hydrogen-bond donors (Lipinski definition) is 1. The van der Waals surface area contributed by atoms with Crippen LogP contribution in [-0.2, 0) is 7.05 Å². The van der Waals surface area contributed by atoms with Crippen LogP contribution in [0.3, 0.4) is 0 Å². The van der Waals surface area contributed by atoms with Gasteiger partial charge >= 0.3 is 0 Å². The summed E-state index contributed by atoms with van der Waals surface area (Å²) in [7, 11) is 2.00. The van der Waals surface area contributed by atoms with E-state index < -0.39 is 0 Å². The topological polar surface area (TPSA) is 46.9 Å². The molecule has 0 saturated carbocycles. The van der Waals surface area contributed by atoms with Crippen LogP contribution >= 0.6 is 11.3 Å². The van der Waals surface area contributed by atoms with Crippen LogP contribution in [0.5, 0.6) is 0 Å². The summed E-state index contributed by atoms with van der Waals surface area (Å²) in [4.78, 5) is 18.9. The Morgan fingerprint density at radius 1 is 1.04 bits per heavy atom. The molecule has 0 bridgehead atoms. The van der Waals surface area contributed by atoms with Gasteiger partial charge in [-0.05, 0) is 42.8 Å². The zero-order valence-electron chi connectivity index (χ0n) is 14.0. The van der Waals surface area contributed by atoms with E-state index in [4.69, 9.17) is 4.98 Å². The van der Waals surface area contributed by atoms with E-state index >= 15 is 0 Å². The smallest absolute Gasteiger partial charge is 0.265 e. The van der Waals surface area contributed by atoms with E-state index in [0.717, 1.165) is 33.0 Å². The molecule has 0 aliphatic rings. The molecular formula is C20H17N3OS. The minimum Gasteiger partial charge on any atom is -0.326 e. The van der Waals surface area contributed by atoms with Gasteiger partial charge in [-0.3, -0.25) is 4.79 Å². The van der Waals surface area contributed by atoms with E-state index in [9.17, 15) is 4.79 Å². The number of rotatable bonds is 3. The van der Waals surface area contributed by atoms with Crippen molar-refractivity contribution in [3.8, 4) is 10.7 Å². The molecular weight excluding hydrogens is 330 g/mol. The van der Waals surface area contributed by atoms with Gasteiger partial charge in [-0.25, -0.2) is 4.98 Å². The summed E-state index contributed by atoms with van der Waals surface area (Å²) >= 11 is 1.45. The molecule has 0 fully saturated rings. The predicted octanol–water partition coefficient (Wildman–Crippen LogP) is 4.86. The van der Waals surface area contributed by atoms with Crippen molar-refractivity contribution in [1.29, 1.82) is 0 Å². The molecule has 0 saturated heterocycles. The quantitative estimate of drug-likeness (QED) is 0.575. The summed E-state index contributed by atoms with van der Waals surface area (Å²) in [6, 6.07) is 19.6. The third kappa shape index (κ3) is 2.83. The molecule has 1 amide bonds. The Morgan fingerprint density at radius 3 is 2.60 bits per heavy atom. The Bertz CT molecular complexity index is 1080. The number of carbonyl (C=O) groups is 1. The average molecular weight is 347 g/mol. The van der Waals surface area contributed by atoms with Crippen molar-refractivity contribution in [2.24, 2.45) is 7.05 Å². The van der Waals surface area contributed by atoms with E-state index in [0.29, 0.717) is 4.88 Å². The Balaban J connectivity index is 1.64. The van der Waals surface area contributed by atoms with E-state index in [1.54, 1.807) is 0 Å². The fourth-order valence-corrected chi connectivity index (χ4v) is 3.77. The summed E-state index contributed by atoms with van der Waals surface area (Å²) < 4.78 is 2.06. The SMILES string of the molecule is Cc1ccccc1NC(=O)c1ccc(-c2nc3ccccc3n2C)s1. The van der Waals surface area contributed by atoms with Crippen LogP contribution in [0.1, 0.15) is 15.2 Å². The monoisotopic (exact) mass is 347 g/mol. The van der Waals surface area contributed by atoms with Gasteiger partial charge in [0.25, 0.3) is 5.91 Å². The Morgan fingerprint density at radius 2 is 1.80 bits per heavy atom. The standard InChI is InChI=1S/C20H17N3OS/c1-13-7-3-4-8-14(13)22-20(24)18-12-11-17(25-18)19-21-15-9-5-6-10-16(15)23(19)2/h3-12H,1-2H3,(H,22,24). The maximum Gasteiger partial charge on any atom is 0.265 e. The fourth-order valence-electron chi connectivity index (χ4n) is 2.84. The Hall–Kier alpha value is -2.92. The zero-order chi connectivity index (χ0) is 17.4. The van der Waals surface area contributed by atoms with Crippen LogP contribution in [0.2, 0.25) is 0 Å². The number of amides is 1. The van der Waals surface area contributed by atoms with Crippen molar-refractivity contribution in [2.45, 2.75) is 6.92 Å². The van der Waals surface area contributed by atoms with Crippen LogP contribution in [0, 0.1) is 6.92 Å². The summed E-state index contributed by atoms with van der Waals surface area (Å²) in [5.74, 6) is 0.783. The number of aromatic nitrogens is 2. The van der Waals surface area contributed by atoms with Crippen LogP contribution in [0.4, 0.5) is 5.69 Å². The van der Waals surface area contributed by atoms with Crippen molar-refractivity contribution in [3.05, 3.63) is 71.1 Å². The number of aryl methyl sites for hydroxylation is 2. The minimum absolute atomic E-state index is 0.0932. The molecule has 25 heavy (non-hydrogen) atoms. The number of nitrogens with one attached hydrogen (secondary N) is 1. The van der Waals surface area contributed by atoms with Gasteiger partial charge in [0.05, 0.1) is 20.8 Å². The maximum atomic E-state index is 12.5. The van der Waals surface area contributed by atoms with Gasteiger partial charge < -0.3 is 9.88 Å². The van der Waals surface area contributed by atoms with E-state index in [2.05, 4.69) is 9.88 Å². The molecule has 0 unspecified atom stereocenters. The number of carbonyl (C=O) groups excluding carboxylic acids is 1. The molecule has 4 nitrogen and oxygen atoms in total. The Labute approximate surface area is 149 Å². The van der Waals surface area contributed by atoms with Gasteiger partial charge in [0.2, 0.25) is 0 Å². The van der Waals surface area contributed by atoms with Gasteiger partial charge in [-0.15, -0.1) is 11.3 Å². The zero-order valence-corrected chi connectivity index (χ0v) is 14.8. The van der Waals surface area contributed by atoms with Crippen molar-refractivity contribution >= 4 is 34.0 Å². The van der Waals surface area contributed by atoms with Gasteiger partial charge in [0.15, 0.2) is 5.82 Å². The van der Waals surface area contributed by atoms with Crippen LogP contribution in [-0.4, -0.2) is 15.5 Å². The first kappa shape index (κ1) is 15.6. The third-order valence-corrected chi connectivity index (χ3v) is 5.31. The summed E-state index contributed by atoms with van der Waals surface area (Å²) in [6.07, 6.45) is 0. The molecule has 0 aliphatic heterocycles. The number of fused-ring (bicyclic) bond motifs is 1. The first-order valence-corrected chi connectivity index (χ1v) is 8.84. The highest BCUT2D eigenvalue weighted by molar-refractivity contribution is 7.17. The number of benzene rings is 2. The molecule has 5 heteroatoms. The molecule has 0 spiro atoms. The number of anilines is 1. The molecule has 2 aromatic heterocycles. The van der Waals surface area contributed by atoms with E-state index in [-0.39, 0.29) is 5.91 Å². The highest BCUT2D eigenvalue weighted by atomic mass is 32.1. The van der Waals surface area contributed by atoms with Crippen LogP contribution in [0.15, 0.2) is 60.7 Å². The number of thiophene rings is 1. The lowest BCUT2D eigenvalue weighted by Gasteiger charge is -2.06. The van der Waals surface area contributed by atoms with Crippen molar-refractivity contribution in [1.82, 2.24) is 9.55 Å². The van der Waals surface area contributed by atoms with Gasteiger partial charge in [-0.2, -0.15) is 0 Å². The number of imidazole rings is 1. The lowest BCUT2D eigenvalue weighted by Crippen LogP contribution is -2.10. The van der Waals surface area contributed by atoms with Gasteiger partial charge in [-0.1, -0.05) is 30.3 Å². The van der Waals surface area contributed by atoms with Gasteiger partial charge in [0, 0.05) is 12.7 Å². The molecule has 124 valence electrons. The molecule has 4 rings (SSSR count). The molecule has 2 heterocycles. The minimum atomic E-state index is -0.0932. The van der Waals surface area contributed by atoms with Crippen LogP contribution < -0.4 is 5.32 Å². The number of hydrogen-bond acceptors (Lipinski definition) is 3. The second kappa shape index (κ2) is 6.18. The molecule has 4 aromatic rings. The van der Waals surface area contributed by atoms with Crippen molar-refractivity contribution in [2.75, 3.05) is 5.32 Å². The highest BCUT2D eigenvalue weighted by Gasteiger charge is 2.15. The summed E-state index contributed by atoms with van der Waals surface area (Å²) in [5, 5.41) is 2.98. The number of para-hydroxylation sites is 3. The van der Waals surface area contributed by atoms with Gasteiger partial charge in [0.1, 0.15) is 0 Å². The van der Waals surface area contributed by atoms with E-state index in [1.807, 2.05) is 74.6 Å².